The van der Waals surface area contributed by atoms with E-state index >= 15 is 0 Å². The topological polar surface area (TPSA) is 161 Å². The molecule has 0 aliphatic rings. The molecular formula is C26H37N7O2. The molecule has 1 atom stereocenters. The lowest BCUT2D eigenvalue weighted by Gasteiger charge is -2.14. The minimum atomic E-state index is -0.910. The zero-order chi connectivity index (χ0) is 25.4. The number of amides is 2. The Labute approximate surface area is 206 Å². The van der Waals surface area contributed by atoms with Gasteiger partial charge in [0.25, 0.3) is 0 Å². The highest BCUT2D eigenvalue weighted by molar-refractivity contribution is 6.00. The molecule has 1 aromatic heterocycles. The highest BCUT2D eigenvalue weighted by Crippen LogP contribution is 2.28. The number of fused-ring (bicyclic) bond motifs is 2. The molecule has 3 rings (SSSR count). The number of aromatic nitrogens is 1. The van der Waals surface area contributed by atoms with Crippen LogP contribution in [0.15, 0.2) is 30.3 Å². The summed E-state index contributed by atoms with van der Waals surface area (Å²) in [5, 5.41) is 11.0. The van der Waals surface area contributed by atoms with E-state index in [0.29, 0.717) is 24.5 Å². The molecule has 2 amide bonds. The lowest BCUT2D eigenvalue weighted by molar-refractivity contribution is -0.125. The van der Waals surface area contributed by atoms with Gasteiger partial charge < -0.3 is 33.2 Å². The van der Waals surface area contributed by atoms with E-state index in [9.17, 15) is 9.59 Å². The van der Waals surface area contributed by atoms with E-state index in [4.69, 9.17) is 22.2 Å². The Morgan fingerprint density at radius 3 is 2.31 bits per heavy atom. The van der Waals surface area contributed by atoms with E-state index in [1.165, 1.54) is 0 Å². The molecule has 3 aromatic rings. The Hall–Kier alpha value is -3.27. The van der Waals surface area contributed by atoms with Crippen LogP contribution in [-0.4, -0.2) is 49.0 Å². The molecule has 35 heavy (non-hydrogen) atoms. The first kappa shape index (κ1) is 26.3. The first-order chi connectivity index (χ1) is 16.8. The van der Waals surface area contributed by atoms with Crippen molar-refractivity contribution in [3.63, 3.8) is 0 Å². The van der Waals surface area contributed by atoms with Crippen LogP contribution >= 0.6 is 0 Å². The number of aryl methyl sites for hydroxylation is 2. The fourth-order valence-electron chi connectivity index (χ4n) is 3.87. The minimum Gasteiger partial charge on any atom is -0.398 e. The molecule has 9 nitrogen and oxygen atoms in total. The average molecular weight is 480 g/mol. The van der Waals surface area contributed by atoms with Gasteiger partial charge in [0.1, 0.15) is 0 Å². The van der Waals surface area contributed by atoms with Crippen molar-refractivity contribution in [3.05, 3.63) is 41.5 Å². The summed E-state index contributed by atoms with van der Waals surface area (Å²) in [6, 6.07) is 8.87. The quantitative estimate of drug-likeness (QED) is 0.132. The average Bonchev–Trinajstić information content (AvgIpc) is 2.81. The monoisotopic (exact) mass is 479 g/mol. The largest absolute Gasteiger partial charge is 0.398 e. The van der Waals surface area contributed by atoms with Gasteiger partial charge in [-0.25, -0.2) is 4.98 Å². The van der Waals surface area contributed by atoms with Crippen molar-refractivity contribution < 1.29 is 9.59 Å². The SMILES string of the molecule is Cc1cc2cc3cc(C)c(NC(=O)CC(N)C(=O)NCCCCNCCCN)cc3nc2cc1N. The first-order valence-corrected chi connectivity index (χ1v) is 12.1. The van der Waals surface area contributed by atoms with Crippen LogP contribution < -0.4 is 33.2 Å². The fraction of sp³-hybridized carbons (Fsp3) is 0.423. The van der Waals surface area contributed by atoms with Gasteiger partial charge in [0.15, 0.2) is 0 Å². The number of carbonyl (C=O) groups is 2. The number of nitrogens with one attached hydrogen (secondary N) is 3. The number of unbranched alkanes of at least 4 members (excludes halogenated alkanes) is 1. The molecule has 188 valence electrons. The number of anilines is 2. The summed E-state index contributed by atoms with van der Waals surface area (Å²) in [6.45, 7) is 6.88. The van der Waals surface area contributed by atoms with Gasteiger partial charge in [0.2, 0.25) is 11.8 Å². The highest BCUT2D eigenvalue weighted by atomic mass is 16.2. The predicted octanol–water partition coefficient (Wildman–Crippen LogP) is 2.08. The molecule has 0 aliphatic carbocycles. The van der Waals surface area contributed by atoms with Gasteiger partial charge in [0.05, 0.1) is 23.5 Å². The van der Waals surface area contributed by atoms with Crippen molar-refractivity contribution in [1.29, 1.82) is 0 Å². The van der Waals surface area contributed by atoms with E-state index in [-0.39, 0.29) is 18.2 Å². The second kappa shape index (κ2) is 12.4. The lowest BCUT2D eigenvalue weighted by Crippen LogP contribution is -2.43. The predicted molar refractivity (Wildman–Crippen MR) is 143 cm³/mol. The van der Waals surface area contributed by atoms with Crippen LogP contribution in [0.5, 0.6) is 0 Å². The van der Waals surface area contributed by atoms with Crippen molar-refractivity contribution in [1.82, 2.24) is 15.6 Å². The van der Waals surface area contributed by atoms with Gasteiger partial charge in [-0.15, -0.1) is 0 Å². The molecule has 1 heterocycles. The molecule has 1 unspecified atom stereocenters. The second-order valence-corrected chi connectivity index (χ2v) is 9.00. The van der Waals surface area contributed by atoms with Crippen LogP contribution in [0.25, 0.3) is 21.8 Å². The van der Waals surface area contributed by atoms with Crippen LogP contribution in [-0.2, 0) is 9.59 Å². The number of nitrogens with two attached hydrogens (primary N) is 3. The molecule has 0 saturated heterocycles. The zero-order valence-electron chi connectivity index (χ0n) is 20.6. The molecular weight excluding hydrogens is 442 g/mol. The van der Waals surface area contributed by atoms with Crippen molar-refractivity contribution >= 4 is 45.0 Å². The van der Waals surface area contributed by atoms with Crippen LogP contribution in [0, 0.1) is 13.8 Å². The molecule has 2 aromatic carbocycles. The Balaban J connectivity index is 1.53. The van der Waals surface area contributed by atoms with Crippen molar-refractivity contribution in [2.24, 2.45) is 11.5 Å². The summed E-state index contributed by atoms with van der Waals surface area (Å²) in [6.07, 6.45) is 2.63. The van der Waals surface area contributed by atoms with E-state index in [2.05, 4.69) is 22.0 Å². The molecule has 0 spiro atoms. The lowest BCUT2D eigenvalue weighted by atomic mass is 10.0. The highest BCUT2D eigenvalue weighted by Gasteiger charge is 2.18. The number of rotatable bonds is 12. The number of carbonyl (C=O) groups excluding carboxylic acids is 2. The summed E-state index contributed by atoms with van der Waals surface area (Å²) in [4.78, 5) is 29.6. The van der Waals surface area contributed by atoms with Gasteiger partial charge in [0, 0.05) is 28.7 Å². The first-order valence-electron chi connectivity index (χ1n) is 12.1. The molecule has 0 saturated carbocycles. The van der Waals surface area contributed by atoms with Gasteiger partial charge in [-0.3, -0.25) is 9.59 Å². The fourth-order valence-corrected chi connectivity index (χ4v) is 3.87. The standard InChI is InChI=1S/C26H37N7O2/c1-16-10-18-12-19-11-17(2)22(15-24(19)32-23(18)13-20(16)28)33-25(34)14-21(29)26(35)31-9-4-3-7-30-8-5-6-27/h10-13,15,21,30H,3-9,14,27-29H2,1-2H3,(H,31,35)(H,33,34). The summed E-state index contributed by atoms with van der Waals surface area (Å²) in [7, 11) is 0. The van der Waals surface area contributed by atoms with Gasteiger partial charge in [-0.05, 0) is 94.2 Å². The number of hydrogen-bond acceptors (Lipinski definition) is 7. The number of nitrogens with zero attached hydrogens (tertiary/aromatic N) is 1. The third-order valence-electron chi connectivity index (χ3n) is 5.99. The van der Waals surface area contributed by atoms with E-state index in [1.807, 2.05) is 38.1 Å². The summed E-state index contributed by atoms with van der Waals surface area (Å²) in [5.74, 6) is -0.646. The van der Waals surface area contributed by atoms with E-state index in [1.54, 1.807) is 0 Å². The molecule has 9 N–H and O–H groups in total. The Morgan fingerprint density at radius 1 is 0.914 bits per heavy atom. The third-order valence-corrected chi connectivity index (χ3v) is 5.99. The Morgan fingerprint density at radius 2 is 1.57 bits per heavy atom. The van der Waals surface area contributed by atoms with Gasteiger partial charge in [-0.1, -0.05) is 0 Å². The molecule has 0 aliphatic heterocycles. The molecule has 0 radical (unpaired) electrons. The maximum atomic E-state index is 12.6. The van der Waals surface area contributed by atoms with Crippen LogP contribution in [0.4, 0.5) is 11.4 Å². The summed E-state index contributed by atoms with van der Waals surface area (Å²) < 4.78 is 0. The maximum Gasteiger partial charge on any atom is 0.237 e. The summed E-state index contributed by atoms with van der Waals surface area (Å²) in [5.41, 5.74) is 22.2. The number of hydrogen-bond donors (Lipinski definition) is 6. The van der Waals surface area contributed by atoms with Crippen LogP contribution in [0.2, 0.25) is 0 Å². The number of nitrogen functional groups attached to an aromatic ring is 1. The smallest absolute Gasteiger partial charge is 0.237 e. The normalized spacial score (nSPS) is 12.1. The van der Waals surface area contributed by atoms with Crippen LogP contribution in [0.1, 0.15) is 36.8 Å². The number of benzene rings is 2. The molecule has 0 fully saturated rings. The van der Waals surface area contributed by atoms with Crippen molar-refractivity contribution in [2.75, 3.05) is 37.2 Å². The van der Waals surface area contributed by atoms with E-state index in [0.717, 1.165) is 65.3 Å². The molecule has 9 heteroatoms. The summed E-state index contributed by atoms with van der Waals surface area (Å²) >= 11 is 0. The number of pyridine rings is 1. The van der Waals surface area contributed by atoms with Crippen molar-refractivity contribution in [2.45, 2.75) is 45.6 Å². The Kier molecular flexibility index (Phi) is 9.36. The maximum absolute atomic E-state index is 12.6. The van der Waals surface area contributed by atoms with Gasteiger partial charge in [-0.2, -0.15) is 0 Å². The van der Waals surface area contributed by atoms with E-state index < -0.39 is 6.04 Å². The van der Waals surface area contributed by atoms with Crippen LogP contribution in [0.3, 0.4) is 0 Å². The minimum absolute atomic E-state index is 0.106. The van der Waals surface area contributed by atoms with Gasteiger partial charge >= 0.3 is 0 Å². The second-order valence-electron chi connectivity index (χ2n) is 9.00. The van der Waals surface area contributed by atoms with Crippen molar-refractivity contribution in [3.8, 4) is 0 Å². The Bertz CT molecular complexity index is 1200. The molecule has 0 bridgehead atoms. The third kappa shape index (κ3) is 7.35. The zero-order valence-corrected chi connectivity index (χ0v) is 20.6.